The summed E-state index contributed by atoms with van der Waals surface area (Å²) in [5.41, 5.74) is 2.34. The van der Waals surface area contributed by atoms with Gasteiger partial charge in [-0.2, -0.15) is 0 Å². The Hall–Kier alpha value is -1.83. The summed E-state index contributed by atoms with van der Waals surface area (Å²) in [6, 6.07) is 5.83. The molecule has 0 bridgehead atoms. The van der Waals surface area contributed by atoms with E-state index in [1.54, 1.807) is 0 Å². The van der Waals surface area contributed by atoms with Crippen LogP contribution in [-0.2, 0) is 4.74 Å². The minimum Gasteiger partial charge on any atom is -0.395 e. The SMILES string of the molecule is Cc1ccc(C#CCCO)c(C(=O)NC2CCOCC2)c1. The Morgan fingerprint density at radius 3 is 2.90 bits per heavy atom. The van der Waals surface area contributed by atoms with Crippen molar-refractivity contribution in [3.63, 3.8) is 0 Å². The van der Waals surface area contributed by atoms with Crippen LogP contribution in [-0.4, -0.2) is 36.9 Å². The van der Waals surface area contributed by atoms with E-state index in [2.05, 4.69) is 17.2 Å². The van der Waals surface area contributed by atoms with Gasteiger partial charge in [-0.3, -0.25) is 4.79 Å². The molecule has 0 saturated carbocycles. The van der Waals surface area contributed by atoms with Crippen molar-refractivity contribution in [2.24, 2.45) is 0 Å². The maximum absolute atomic E-state index is 12.4. The lowest BCUT2D eigenvalue weighted by Gasteiger charge is -2.23. The molecule has 4 heteroatoms. The molecule has 0 spiro atoms. The number of aryl methyl sites for hydroxylation is 1. The first kappa shape index (κ1) is 15.6. The van der Waals surface area contributed by atoms with E-state index in [0.717, 1.165) is 18.4 Å². The van der Waals surface area contributed by atoms with Crippen LogP contribution in [0.4, 0.5) is 0 Å². The van der Waals surface area contributed by atoms with Gasteiger partial charge in [-0.1, -0.05) is 23.5 Å². The lowest BCUT2D eigenvalue weighted by atomic mass is 10.0. The second-order valence-corrected chi connectivity index (χ2v) is 5.18. The molecule has 1 aliphatic heterocycles. The summed E-state index contributed by atoms with van der Waals surface area (Å²) in [6.45, 7) is 3.38. The van der Waals surface area contributed by atoms with Crippen molar-refractivity contribution < 1.29 is 14.6 Å². The van der Waals surface area contributed by atoms with E-state index in [4.69, 9.17) is 9.84 Å². The number of aliphatic hydroxyl groups excluding tert-OH is 1. The highest BCUT2D eigenvalue weighted by molar-refractivity contribution is 5.97. The molecule has 0 unspecified atom stereocenters. The monoisotopic (exact) mass is 287 g/mol. The van der Waals surface area contributed by atoms with Crippen LogP contribution >= 0.6 is 0 Å². The first-order valence-corrected chi connectivity index (χ1v) is 7.29. The van der Waals surface area contributed by atoms with Gasteiger partial charge in [-0.05, 0) is 31.9 Å². The second kappa shape index (κ2) is 7.82. The summed E-state index contributed by atoms with van der Waals surface area (Å²) in [6.07, 6.45) is 2.11. The fraction of sp³-hybridized carbons (Fsp3) is 0.471. The fourth-order valence-electron chi connectivity index (χ4n) is 2.27. The maximum Gasteiger partial charge on any atom is 0.252 e. The smallest absolute Gasteiger partial charge is 0.252 e. The van der Waals surface area contributed by atoms with Crippen LogP contribution in [0.3, 0.4) is 0 Å². The Morgan fingerprint density at radius 2 is 2.19 bits per heavy atom. The third-order valence-electron chi connectivity index (χ3n) is 3.44. The Kier molecular flexibility index (Phi) is 5.79. The molecule has 0 radical (unpaired) electrons. The largest absolute Gasteiger partial charge is 0.395 e. The van der Waals surface area contributed by atoms with Crippen molar-refractivity contribution in [2.75, 3.05) is 19.8 Å². The van der Waals surface area contributed by atoms with Crippen molar-refractivity contribution in [1.29, 1.82) is 0 Å². The molecular formula is C17H21NO3. The lowest BCUT2D eigenvalue weighted by molar-refractivity contribution is 0.0696. The van der Waals surface area contributed by atoms with Crippen molar-refractivity contribution in [1.82, 2.24) is 5.32 Å². The quantitative estimate of drug-likeness (QED) is 0.831. The van der Waals surface area contributed by atoms with Gasteiger partial charge in [0.05, 0.1) is 12.2 Å². The van der Waals surface area contributed by atoms with Crippen LogP contribution in [0.25, 0.3) is 0 Å². The average molecular weight is 287 g/mol. The summed E-state index contributed by atoms with van der Waals surface area (Å²) in [5, 5.41) is 11.8. The van der Waals surface area contributed by atoms with Gasteiger partial charge < -0.3 is 15.2 Å². The topological polar surface area (TPSA) is 58.6 Å². The zero-order valence-corrected chi connectivity index (χ0v) is 12.3. The van der Waals surface area contributed by atoms with Crippen LogP contribution in [0.15, 0.2) is 18.2 Å². The Labute approximate surface area is 125 Å². The maximum atomic E-state index is 12.4. The molecule has 1 aromatic rings. The number of carbonyl (C=O) groups excluding carboxylic acids is 1. The molecule has 112 valence electrons. The van der Waals surface area contributed by atoms with E-state index in [1.165, 1.54) is 0 Å². The van der Waals surface area contributed by atoms with E-state index >= 15 is 0 Å². The van der Waals surface area contributed by atoms with Crippen LogP contribution in [0.1, 0.15) is 40.7 Å². The third kappa shape index (κ3) is 4.59. The van der Waals surface area contributed by atoms with E-state index in [0.29, 0.717) is 30.8 Å². The minimum absolute atomic E-state index is 0.0302. The highest BCUT2D eigenvalue weighted by atomic mass is 16.5. The first-order valence-electron chi connectivity index (χ1n) is 7.29. The summed E-state index contributed by atoms with van der Waals surface area (Å²) in [5.74, 6) is 5.75. The van der Waals surface area contributed by atoms with Crippen LogP contribution < -0.4 is 5.32 Å². The summed E-state index contributed by atoms with van der Waals surface area (Å²) < 4.78 is 5.30. The second-order valence-electron chi connectivity index (χ2n) is 5.18. The molecule has 1 amide bonds. The number of benzene rings is 1. The number of rotatable bonds is 3. The van der Waals surface area contributed by atoms with Crippen LogP contribution in [0.5, 0.6) is 0 Å². The number of amides is 1. The summed E-state index contributed by atoms with van der Waals surface area (Å²) >= 11 is 0. The Morgan fingerprint density at radius 1 is 1.43 bits per heavy atom. The molecule has 21 heavy (non-hydrogen) atoms. The number of ether oxygens (including phenoxy) is 1. The number of nitrogens with one attached hydrogen (secondary N) is 1. The molecule has 0 aliphatic carbocycles. The molecule has 0 aromatic heterocycles. The van der Waals surface area contributed by atoms with Crippen LogP contribution in [0, 0.1) is 18.8 Å². The number of carbonyl (C=O) groups is 1. The summed E-state index contributed by atoms with van der Waals surface area (Å²) in [7, 11) is 0. The molecule has 1 saturated heterocycles. The lowest BCUT2D eigenvalue weighted by Crippen LogP contribution is -2.39. The van der Waals surface area contributed by atoms with Crippen molar-refractivity contribution in [3.05, 3.63) is 34.9 Å². The standard InChI is InChI=1S/C17H21NO3/c1-13-5-6-14(4-2-3-9-19)16(12-13)17(20)18-15-7-10-21-11-8-15/h5-6,12,15,19H,3,7-11H2,1H3,(H,18,20). The van der Waals surface area contributed by atoms with Crippen molar-refractivity contribution in [3.8, 4) is 11.8 Å². The highest BCUT2D eigenvalue weighted by Crippen LogP contribution is 2.13. The Balaban J connectivity index is 2.14. The van der Waals surface area contributed by atoms with Crippen molar-refractivity contribution in [2.45, 2.75) is 32.2 Å². The van der Waals surface area contributed by atoms with Gasteiger partial charge >= 0.3 is 0 Å². The molecule has 1 heterocycles. The normalized spacial score (nSPS) is 15.1. The van der Waals surface area contributed by atoms with E-state index in [1.807, 2.05) is 25.1 Å². The van der Waals surface area contributed by atoms with Gasteiger partial charge in [-0.25, -0.2) is 0 Å². The van der Waals surface area contributed by atoms with E-state index in [9.17, 15) is 4.79 Å². The molecule has 0 atom stereocenters. The number of hydrogen-bond donors (Lipinski definition) is 2. The predicted octanol–water partition coefficient (Wildman–Crippen LogP) is 1.64. The first-order chi connectivity index (χ1) is 10.2. The van der Waals surface area contributed by atoms with Gasteiger partial charge in [0.25, 0.3) is 5.91 Å². The zero-order valence-electron chi connectivity index (χ0n) is 12.3. The van der Waals surface area contributed by atoms with Gasteiger partial charge in [0.1, 0.15) is 0 Å². The van der Waals surface area contributed by atoms with Gasteiger partial charge in [-0.15, -0.1) is 0 Å². The number of aliphatic hydroxyl groups is 1. The molecule has 1 aromatic carbocycles. The third-order valence-corrected chi connectivity index (χ3v) is 3.44. The average Bonchev–Trinajstić information content (AvgIpc) is 2.50. The molecule has 1 fully saturated rings. The van der Waals surface area contributed by atoms with E-state index in [-0.39, 0.29) is 18.6 Å². The van der Waals surface area contributed by atoms with Crippen LogP contribution in [0.2, 0.25) is 0 Å². The molecule has 1 aliphatic rings. The minimum atomic E-state index is -0.0844. The molecular weight excluding hydrogens is 266 g/mol. The fourth-order valence-corrected chi connectivity index (χ4v) is 2.27. The number of hydrogen-bond acceptors (Lipinski definition) is 3. The Bertz CT molecular complexity index is 551. The zero-order chi connectivity index (χ0) is 15.1. The molecule has 2 rings (SSSR count). The molecule has 4 nitrogen and oxygen atoms in total. The van der Waals surface area contributed by atoms with Gasteiger partial charge in [0.2, 0.25) is 0 Å². The van der Waals surface area contributed by atoms with Gasteiger partial charge in [0, 0.05) is 31.2 Å². The predicted molar refractivity (Wildman–Crippen MR) is 81.1 cm³/mol. The van der Waals surface area contributed by atoms with Crippen molar-refractivity contribution >= 4 is 5.91 Å². The van der Waals surface area contributed by atoms with Gasteiger partial charge in [0.15, 0.2) is 0 Å². The van der Waals surface area contributed by atoms with E-state index < -0.39 is 0 Å². The molecule has 2 N–H and O–H groups in total. The summed E-state index contributed by atoms with van der Waals surface area (Å²) in [4.78, 5) is 12.4. The highest BCUT2D eigenvalue weighted by Gasteiger charge is 2.18.